The number of carbonyl (C=O) groups excluding carboxylic acids is 1. The molecule has 86 valence electrons. The summed E-state index contributed by atoms with van der Waals surface area (Å²) in [6.07, 6.45) is 0.863. The highest BCUT2D eigenvalue weighted by molar-refractivity contribution is 7.85. The van der Waals surface area contributed by atoms with Gasteiger partial charge in [0.05, 0.1) is 0 Å². The summed E-state index contributed by atoms with van der Waals surface area (Å²) in [6, 6.07) is 5.71. The van der Waals surface area contributed by atoms with Crippen molar-refractivity contribution in [1.82, 2.24) is 0 Å². The number of aldehydes is 1. The van der Waals surface area contributed by atoms with Crippen molar-refractivity contribution in [2.45, 2.75) is 6.92 Å². The van der Waals surface area contributed by atoms with Crippen molar-refractivity contribution in [2.24, 2.45) is 0 Å². The molecule has 0 aromatic heterocycles. The minimum atomic E-state index is -0.645. The predicted octanol–water partition coefficient (Wildman–Crippen LogP) is 1.38. The Labute approximate surface area is 97.9 Å². The first-order valence-electron chi connectivity index (χ1n) is 5.36. The molecule has 4 heteroatoms. The average Bonchev–Trinajstić information content (AvgIpc) is 2.30. The van der Waals surface area contributed by atoms with Crippen molar-refractivity contribution in [1.29, 1.82) is 0 Å². The molecule has 0 atom stereocenters. The van der Waals surface area contributed by atoms with Crippen LogP contribution in [0.5, 0.6) is 0 Å². The third-order valence-electron chi connectivity index (χ3n) is 2.88. The SMILES string of the molecule is Cc1cc(C=O)ccc1N1CCS(=O)CC1. The van der Waals surface area contributed by atoms with Gasteiger partial charge in [-0.3, -0.25) is 9.00 Å². The van der Waals surface area contributed by atoms with E-state index in [1.807, 2.05) is 25.1 Å². The van der Waals surface area contributed by atoms with Crippen LogP contribution in [-0.2, 0) is 10.8 Å². The number of anilines is 1. The van der Waals surface area contributed by atoms with Crippen molar-refractivity contribution in [3.05, 3.63) is 29.3 Å². The van der Waals surface area contributed by atoms with Gasteiger partial charge >= 0.3 is 0 Å². The van der Waals surface area contributed by atoms with Gasteiger partial charge in [-0.05, 0) is 30.7 Å². The summed E-state index contributed by atoms with van der Waals surface area (Å²) >= 11 is 0. The number of benzene rings is 1. The van der Waals surface area contributed by atoms with E-state index in [9.17, 15) is 9.00 Å². The Morgan fingerprint density at radius 3 is 2.56 bits per heavy atom. The first kappa shape index (κ1) is 11.3. The minimum absolute atomic E-state index is 0.645. The van der Waals surface area contributed by atoms with Crippen LogP contribution in [0.2, 0.25) is 0 Å². The molecule has 1 aromatic carbocycles. The van der Waals surface area contributed by atoms with Crippen LogP contribution in [0.1, 0.15) is 15.9 Å². The fourth-order valence-corrected chi connectivity index (χ4v) is 3.04. The van der Waals surface area contributed by atoms with E-state index < -0.39 is 10.8 Å². The van der Waals surface area contributed by atoms with Crippen LogP contribution < -0.4 is 4.90 Å². The van der Waals surface area contributed by atoms with Gasteiger partial charge in [0.25, 0.3) is 0 Å². The van der Waals surface area contributed by atoms with Gasteiger partial charge in [-0.1, -0.05) is 0 Å². The zero-order chi connectivity index (χ0) is 11.5. The minimum Gasteiger partial charge on any atom is -0.369 e. The van der Waals surface area contributed by atoms with Gasteiger partial charge in [-0.25, -0.2) is 0 Å². The largest absolute Gasteiger partial charge is 0.369 e. The van der Waals surface area contributed by atoms with E-state index in [2.05, 4.69) is 4.90 Å². The van der Waals surface area contributed by atoms with E-state index in [-0.39, 0.29) is 0 Å². The second-order valence-corrected chi connectivity index (χ2v) is 5.70. The molecule has 1 fully saturated rings. The average molecular weight is 237 g/mol. The number of rotatable bonds is 2. The van der Waals surface area contributed by atoms with E-state index in [1.54, 1.807) is 0 Å². The molecule has 0 saturated carbocycles. The standard InChI is InChI=1S/C12H15NO2S/c1-10-8-11(9-14)2-3-12(10)13-4-6-16(15)7-5-13/h2-3,8-9H,4-7H2,1H3. The number of carbonyl (C=O) groups is 1. The van der Waals surface area contributed by atoms with Crippen LogP contribution in [0, 0.1) is 6.92 Å². The molecule has 16 heavy (non-hydrogen) atoms. The molecule has 1 aliphatic rings. The maximum atomic E-state index is 11.3. The summed E-state index contributed by atoms with van der Waals surface area (Å²) in [4.78, 5) is 12.9. The number of hydrogen-bond donors (Lipinski definition) is 0. The lowest BCUT2D eigenvalue weighted by Gasteiger charge is -2.29. The molecule has 3 nitrogen and oxygen atoms in total. The van der Waals surface area contributed by atoms with E-state index in [0.29, 0.717) is 5.56 Å². The van der Waals surface area contributed by atoms with E-state index in [1.165, 1.54) is 0 Å². The summed E-state index contributed by atoms with van der Waals surface area (Å²) in [5.74, 6) is 1.49. The van der Waals surface area contributed by atoms with Crippen molar-refractivity contribution >= 4 is 22.8 Å². The Hall–Kier alpha value is -1.16. The topological polar surface area (TPSA) is 37.4 Å². The molecular weight excluding hydrogens is 222 g/mol. The Kier molecular flexibility index (Phi) is 3.39. The van der Waals surface area contributed by atoms with Crippen LogP contribution >= 0.6 is 0 Å². The fraction of sp³-hybridized carbons (Fsp3) is 0.417. The number of aryl methyl sites for hydroxylation is 1. The van der Waals surface area contributed by atoms with E-state index >= 15 is 0 Å². The van der Waals surface area contributed by atoms with Crippen molar-refractivity contribution in [3.8, 4) is 0 Å². The Balaban J connectivity index is 2.20. The zero-order valence-corrected chi connectivity index (χ0v) is 10.1. The van der Waals surface area contributed by atoms with Gasteiger partial charge in [-0.2, -0.15) is 0 Å². The maximum Gasteiger partial charge on any atom is 0.150 e. The molecule has 0 unspecified atom stereocenters. The highest BCUT2D eigenvalue weighted by atomic mass is 32.2. The van der Waals surface area contributed by atoms with Gasteiger partial charge in [-0.15, -0.1) is 0 Å². The Bertz CT molecular complexity index is 421. The number of hydrogen-bond acceptors (Lipinski definition) is 3. The van der Waals surface area contributed by atoms with Gasteiger partial charge in [0.2, 0.25) is 0 Å². The molecule has 2 rings (SSSR count). The lowest BCUT2D eigenvalue weighted by atomic mass is 10.1. The normalized spacial score (nSPS) is 17.4. The summed E-state index contributed by atoms with van der Waals surface area (Å²) in [5, 5.41) is 0. The van der Waals surface area contributed by atoms with Crippen LogP contribution in [0.4, 0.5) is 5.69 Å². The second-order valence-electron chi connectivity index (χ2n) is 4.00. The molecule has 0 N–H and O–H groups in total. The van der Waals surface area contributed by atoms with Gasteiger partial charge in [0, 0.05) is 46.6 Å². The van der Waals surface area contributed by atoms with E-state index in [4.69, 9.17) is 0 Å². The molecule has 0 amide bonds. The van der Waals surface area contributed by atoms with Crippen molar-refractivity contribution in [2.75, 3.05) is 29.5 Å². The highest BCUT2D eigenvalue weighted by Crippen LogP contribution is 2.22. The third kappa shape index (κ3) is 2.32. The van der Waals surface area contributed by atoms with Gasteiger partial charge < -0.3 is 4.90 Å². The maximum absolute atomic E-state index is 11.3. The van der Waals surface area contributed by atoms with Crippen LogP contribution in [-0.4, -0.2) is 35.1 Å². The summed E-state index contributed by atoms with van der Waals surface area (Å²) in [6.45, 7) is 3.69. The third-order valence-corrected chi connectivity index (χ3v) is 4.15. The van der Waals surface area contributed by atoms with Crippen LogP contribution in [0.15, 0.2) is 18.2 Å². The molecular formula is C12H15NO2S. The molecule has 0 spiro atoms. The predicted molar refractivity (Wildman–Crippen MR) is 66.7 cm³/mol. The lowest BCUT2D eigenvalue weighted by molar-refractivity contribution is 0.112. The quantitative estimate of drug-likeness (QED) is 0.729. The summed E-state index contributed by atoms with van der Waals surface area (Å²) in [5.41, 5.74) is 2.97. The number of nitrogens with zero attached hydrogens (tertiary/aromatic N) is 1. The second kappa shape index (κ2) is 4.78. The highest BCUT2D eigenvalue weighted by Gasteiger charge is 2.16. The molecule has 1 aliphatic heterocycles. The first-order chi connectivity index (χ1) is 7.70. The Morgan fingerprint density at radius 1 is 1.31 bits per heavy atom. The molecule has 0 radical (unpaired) electrons. The van der Waals surface area contributed by atoms with E-state index in [0.717, 1.165) is 42.1 Å². The summed E-state index contributed by atoms with van der Waals surface area (Å²) in [7, 11) is -0.645. The van der Waals surface area contributed by atoms with Crippen LogP contribution in [0.3, 0.4) is 0 Å². The molecule has 0 bridgehead atoms. The fourth-order valence-electron chi connectivity index (χ4n) is 1.99. The molecule has 1 saturated heterocycles. The van der Waals surface area contributed by atoms with Gasteiger partial charge in [0.15, 0.2) is 0 Å². The van der Waals surface area contributed by atoms with Crippen molar-refractivity contribution < 1.29 is 9.00 Å². The molecule has 1 heterocycles. The monoisotopic (exact) mass is 237 g/mol. The van der Waals surface area contributed by atoms with Crippen LogP contribution in [0.25, 0.3) is 0 Å². The Morgan fingerprint density at radius 2 is 2.00 bits per heavy atom. The van der Waals surface area contributed by atoms with Crippen molar-refractivity contribution in [3.63, 3.8) is 0 Å². The molecule has 0 aliphatic carbocycles. The first-order valence-corrected chi connectivity index (χ1v) is 6.85. The lowest BCUT2D eigenvalue weighted by Crippen LogP contribution is -2.38. The molecule has 1 aromatic rings. The smallest absolute Gasteiger partial charge is 0.150 e. The summed E-state index contributed by atoms with van der Waals surface area (Å²) < 4.78 is 11.3. The zero-order valence-electron chi connectivity index (χ0n) is 9.31. The van der Waals surface area contributed by atoms with Gasteiger partial charge in [0.1, 0.15) is 6.29 Å².